The smallest absolute Gasteiger partial charge is 0.243 e. The Morgan fingerprint density at radius 1 is 1.48 bits per heavy atom. The van der Waals surface area contributed by atoms with Crippen molar-refractivity contribution >= 4 is 27.3 Å². The highest BCUT2D eigenvalue weighted by Crippen LogP contribution is 2.25. The van der Waals surface area contributed by atoms with Crippen LogP contribution in [0, 0.1) is 12.7 Å². The highest BCUT2D eigenvalue weighted by molar-refractivity contribution is 7.89. The molecule has 0 aliphatic rings. The quantitative estimate of drug-likeness (QED) is 0.832. The van der Waals surface area contributed by atoms with E-state index in [1.54, 1.807) is 24.9 Å². The van der Waals surface area contributed by atoms with Crippen LogP contribution in [0.1, 0.15) is 11.3 Å². The molecule has 0 saturated heterocycles. The van der Waals surface area contributed by atoms with Crippen molar-refractivity contribution in [3.8, 4) is 0 Å². The number of halogens is 2. The molecule has 21 heavy (non-hydrogen) atoms. The van der Waals surface area contributed by atoms with Crippen molar-refractivity contribution in [2.75, 3.05) is 5.73 Å². The second-order valence-electron chi connectivity index (χ2n) is 4.55. The van der Waals surface area contributed by atoms with Crippen LogP contribution in [0.5, 0.6) is 0 Å². The molecular formula is C12H14ClFN4O2S. The molecule has 1 heterocycles. The Balaban J connectivity index is 2.29. The first-order valence-electron chi connectivity index (χ1n) is 5.94. The van der Waals surface area contributed by atoms with Crippen molar-refractivity contribution in [1.29, 1.82) is 0 Å². The van der Waals surface area contributed by atoms with Crippen LogP contribution < -0.4 is 10.5 Å². The zero-order valence-electron chi connectivity index (χ0n) is 11.4. The average Bonchev–Trinajstić information content (AvgIpc) is 2.70. The van der Waals surface area contributed by atoms with E-state index in [-0.39, 0.29) is 17.3 Å². The number of hydrogen-bond acceptors (Lipinski definition) is 4. The summed E-state index contributed by atoms with van der Waals surface area (Å²) in [4.78, 5) is -0.575. The molecule has 0 bridgehead atoms. The van der Waals surface area contributed by atoms with E-state index in [1.165, 1.54) is 0 Å². The van der Waals surface area contributed by atoms with Gasteiger partial charge in [0.15, 0.2) is 5.82 Å². The van der Waals surface area contributed by atoms with Crippen LogP contribution in [0.2, 0.25) is 5.02 Å². The van der Waals surface area contributed by atoms with Crippen molar-refractivity contribution < 1.29 is 12.8 Å². The fourth-order valence-electron chi connectivity index (χ4n) is 1.85. The number of nitrogens with two attached hydrogens (primary N) is 1. The molecule has 0 atom stereocenters. The van der Waals surface area contributed by atoms with Crippen LogP contribution in [0.25, 0.3) is 0 Å². The molecule has 2 aromatic rings. The first-order chi connectivity index (χ1) is 9.70. The maximum Gasteiger partial charge on any atom is 0.243 e. The zero-order chi connectivity index (χ0) is 15.8. The lowest BCUT2D eigenvalue weighted by Gasteiger charge is -2.09. The minimum Gasteiger partial charge on any atom is -0.396 e. The van der Waals surface area contributed by atoms with Crippen molar-refractivity contribution in [3.63, 3.8) is 0 Å². The topological polar surface area (TPSA) is 90.0 Å². The maximum atomic E-state index is 13.9. The number of sulfonamides is 1. The van der Waals surface area contributed by atoms with Gasteiger partial charge in [-0.1, -0.05) is 11.6 Å². The van der Waals surface area contributed by atoms with E-state index in [4.69, 9.17) is 17.3 Å². The van der Waals surface area contributed by atoms with E-state index in [0.717, 1.165) is 12.1 Å². The number of nitrogen functional groups attached to an aromatic ring is 1. The first kappa shape index (κ1) is 15.7. The minimum absolute atomic E-state index is 0.00609. The van der Waals surface area contributed by atoms with Crippen LogP contribution in [0.15, 0.2) is 23.2 Å². The summed E-state index contributed by atoms with van der Waals surface area (Å²) < 4.78 is 42.1. The van der Waals surface area contributed by atoms with Crippen molar-refractivity contribution in [1.82, 2.24) is 14.5 Å². The fourth-order valence-corrected chi connectivity index (χ4v) is 3.28. The molecular weight excluding hydrogens is 319 g/mol. The summed E-state index contributed by atoms with van der Waals surface area (Å²) >= 11 is 5.72. The van der Waals surface area contributed by atoms with Gasteiger partial charge >= 0.3 is 0 Å². The number of aryl methyl sites for hydroxylation is 2. The van der Waals surface area contributed by atoms with Gasteiger partial charge in [-0.15, -0.1) is 0 Å². The van der Waals surface area contributed by atoms with Crippen molar-refractivity contribution in [2.45, 2.75) is 18.4 Å². The van der Waals surface area contributed by atoms with Gasteiger partial charge in [0.25, 0.3) is 0 Å². The molecule has 0 spiro atoms. The van der Waals surface area contributed by atoms with Crippen LogP contribution in [0.4, 0.5) is 10.1 Å². The summed E-state index contributed by atoms with van der Waals surface area (Å²) in [5.41, 5.74) is 6.45. The summed E-state index contributed by atoms with van der Waals surface area (Å²) in [7, 11) is -2.34. The first-order valence-corrected chi connectivity index (χ1v) is 7.80. The third kappa shape index (κ3) is 3.34. The summed E-state index contributed by atoms with van der Waals surface area (Å²) in [6.07, 6.45) is 1.68. The molecule has 0 aliphatic carbocycles. The van der Waals surface area contributed by atoms with Crippen LogP contribution >= 0.6 is 11.6 Å². The van der Waals surface area contributed by atoms with E-state index in [9.17, 15) is 12.8 Å². The molecule has 2 rings (SSSR count). The van der Waals surface area contributed by atoms with Gasteiger partial charge in [0.2, 0.25) is 10.0 Å². The number of hydrogen-bond donors (Lipinski definition) is 2. The summed E-state index contributed by atoms with van der Waals surface area (Å²) in [5, 5.41) is 4.14. The van der Waals surface area contributed by atoms with Gasteiger partial charge in [-0.2, -0.15) is 5.10 Å². The van der Waals surface area contributed by atoms with E-state index < -0.39 is 20.7 Å². The largest absolute Gasteiger partial charge is 0.396 e. The average molecular weight is 333 g/mol. The van der Waals surface area contributed by atoms with E-state index in [2.05, 4.69) is 9.82 Å². The lowest BCUT2D eigenvalue weighted by Crippen LogP contribution is -2.24. The molecule has 1 aromatic heterocycles. The Labute approximate surface area is 126 Å². The molecule has 0 fully saturated rings. The predicted molar refractivity (Wildman–Crippen MR) is 77.8 cm³/mol. The number of nitrogens with zero attached hydrogens (tertiary/aromatic N) is 2. The molecule has 6 nitrogen and oxygen atoms in total. The van der Waals surface area contributed by atoms with Crippen LogP contribution in [-0.4, -0.2) is 18.2 Å². The Bertz CT molecular complexity index is 789. The van der Waals surface area contributed by atoms with Crippen LogP contribution in [0.3, 0.4) is 0 Å². The van der Waals surface area contributed by atoms with E-state index in [1.807, 2.05) is 0 Å². The minimum atomic E-state index is -4.07. The summed E-state index contributed by atoms with van der Waals surface area (Å²) in [6.45, 7) is 1.75. The van der Waals surface area contributed by atoms with Gasteiger partial charge in [-0.3, -0.25) is 4.68 Å². The third-order valence-corrected chi connectivity index (χ3v) is 4.51. The van der Waals surface area contributed by atoms with Gasteiger partial charge in [-0.05, 0) is 19.1 Å². The van der Waals surface area contributed by atoms with Crippen molar-refractivity contribution in [3.05, 3.63) is 40.4 Å². The highest BCUT2D eigenvalue weighted by Gasteiger charge is 2.22. The second-order valence-corrected chi connectivity index (χ2v) is 6.72. The number of benzene rings is 1. The van der Waals surface area contributed by atoms with E-state index >= 15 is 0 Å². The SMILES string of the molecule is Cc1nn(C)cc1CNS(=O)(=O)c1cc(Cl)cc(N)c1F. The third-order valence-electron chi connectivity index (χ3n) is 2.89. The monoisotopic (exact) mass is 332 g/mol. The van der Waals surface area contributed by atoms with Gasteiger partial charge in [-0.25, -0.2) is 17.5 Å². The highest BCUT2D eigenvalue weighted by atomic mass is 35.5. The number of nitrogens with one attached hydrogen (secondary N) is 1. The van der Waals surface area contributed by atoms with Gasteiger partial charge in [0, 0.05) is 30.4 Å². The van der Waals surface area contributed by atoms with E-state index in [0.29, 0.717) is 11.3 Å². The van der Waals surface area contributed by atoms with Crippen molar-refractivity contribution in [2.24, 2.45) is 7.05 Å². The van der Waals surface area contributed by atoms with Gasteiger partial charge in [0.05, 0.1) is 11.4 Å². The molecule has 0 unspecified atom stereocenters. The summed E-state index contributed by atoms with van der Waals surface area (Å²) in [6, 6.07) is 2.17. The van der Waals surface area contributed by atoms with Gasteiger partial charge in [0.1, 0.15) is 4.90 Å². The Kier molecular flexibility index (Phi) is 4.22. The predicted octanol–water partition coefficient (Wildman–Crippen LogP) is 1.58. The zero-order valence-corrected chi connectivity index (χ0v) is 13.0. The second kappa shape index (κ2) is 5.63. The number of aromatic nitrogens is 2. The number of rotatable bonds is 4. The molecule has 0 aliphatic heterocycles. The fraction of sp³-hybridized carbons (Fsp3) is 0.250. The summed E-state index contributed by atoms with van der Waals surface area (Å²) in [5.74, 6) is -1.02. The Hall–Kier alpha value is -1.64. The molecule has 3 N–H and O–H groups in total. The molecule has 0 saturated carbocycles. The molecule has 114 valence electrons. The normalized spacial score (nSPS) is 11.8. The van der Waals surface area contributed by atoms with Gasteiger partial charge < -0.3 is 5.73 Å². The standard InChI is InChI=1S/C12H14ClFN4O2S/c1-7-8(6-18(2)17-7)5-16-21(19,20)11-4-9(13)3-10(15)12(11)14/h3-4,6,16H,5,15H2,1-2H3. The lowest BCUT2D eigenvalue weighted by atomic mass is 10.3. The Morgan fingerprint density at radius 3 is 2.71 bits per heavy atom. The molecule has 9 heteroatoms. The lowest BCUT2D eigenvalue weighted by molar-refractivity contribution is 0.558. The molecule has 1 aromatic carbocycles. The molecule has 0 amide bonds. The number of anilines is 1. The maximum absolute atomic E-state index is 13.9. The molecule has 0 radical (unpaired) electrons. The Morgan fingerprint density at radius 2 is 2.14 bits per heavy atom. The van der Waals surface area contributed by atoms with Crippen LogP contribution in [-0.2, 0) is 23.6 Å².